The Morgan fingerprint density at radius 3 is 1.61 bits per heavy atom. The van der Waals surface area contributed by atoms with Crippen molar-refractivity contribution in [3.63, 3.8) is 0 Å². The quantitative estimate of drug-likeness (QED) is 0.177. The van der Waals surface area contributed by atoms with E-state index in [9.17, 15) is 5.26 Å². The summed E-state index contributed by atoms with van der Waals surface area (Å²) in [5, 5.41) is 14.8. The van der Waals surface area contributed by atoms with Gasteiger partial charge in [-0.3, -0.25) is 0 Å². The van der Waals surface area contributed by atoms with Crippen LogP contribution in [0, 0.1) is 11.3 Å². The summed E-state index contributed by atoms with van der Waals surface area (Å²) in [6, 6.07) is 60.6. The summed E-state index contributed by atoms with van der Waals surface area (Å²) in [6.45, 7) is 4.23. The number of hydrogen-bond acceptors (Lipinski definition) is 5. The maximum absolute atomic E-state index is 10.3. The molecule has 0 radical (unpaired) electrons. The first-order chi connectivity index (χ1) is 27.4. The van der Waals surface area contributed by atoms with E-state index < -0.39 is 5.60 Å². The lowest BCUT2D eigenvalue weighted by molar-refractivity contribution is 0.106. The Bertz CT molecular complexity index is 2970. The Kier molecular flexibility index (Phi) is 7.79. The van der Waals surface area contributed by atoms with Gasteiger partial charge in [-0.25, -0.2) is 15.0 Å². The average molecular weight is 719 g/mol. The van der Waals surface area contributed by atoms with Crippen molar-refractivity contribution in [1.82, 2.24) is 15.0 Å². The Balaban J connectivity index is 1.08. The van der Waals surface area contributed by atoms with Gasteiger partial charge in [0.2, 0.25) is 0 Å². The van der Waals surface area contributed by atoms with Crippen molar-refractivity contribution in [1.29, 1.82) is 5.26 Å². The zero-order chi connectivity index (χ0) is 37.8. The van der Waals surface area contributed by atoms with Crippen LogP contribution in [0.3, 0.4) is 0 Å². The molecular formula is C51H34N4O. The largest absolute Gasteiger partial charge is 0.482 e. The third-order valence-electron chi connectivity index (χ3n) is 10.7. The van der Waals surface area contributed by atoms with Gasteiger partial charge >= 0.3 is 0 Å². The van der Waals surface area contributed by atoms with Crippen LogP contribution < -0.4 is 4.74 Å². The molecule has 5 heteroatoms. The van der Waals surface area contributed by atoms with E-state index in [1.165, 1.54) is 11.1 Å². The minimum atomic E-state index is -0.449. The number of benzene rings is 8. The van der Waals surface area contributed by atoms with Gasteiger partial charge in [0, 0.05) is 27.8 Å². The maximum Gasteiger partial charge on any atom is 0.164 e. The van der Waals surface area contributed by atoms with E-state index in [0.717, 1.165) is 71.8 Å². The second-order valence-corrected chi connectivity index (χ2v) is 14.8. The molecule has 0 bridgehead atoms. The molecule has 9 aromatic rings. The Hall–Kier alpha value is -7.42. The highest BCUT2D eigenvalue weighted by molar-refractivity contribution is 5.89. The third kappa shape index (κ3) is 5.95. The summed E-state index contributed by atoms with van der Waals surface area (Å²) in [4.78, 5) is 15.2. The number of fused-ring (bicyclic) bond motifs is 5. The predicted molar refractivity (Wildman–Crippen MR) is 226 cm³/mol. The molecule has 0 saturated heterocycles. The maximum atomic E-state index is 10.3. The van der Waals surface area contributed by atoms with Gasteiger partial charge in [-0.15, -0.1) is 0 Å². The van der Waals surface area contributed by atoms with Crippen LogP contribution in [-0.2, 0) is 5.60 Å². The summed E-state index contributed by atoms with van der Waals surface area (Å²) in [6.07, 6.45) is 0. The number of aromatic nitrogens is 3. The van der Waals surface area contributed by atoms with Crippen LogP contribution in [0.15, 0.2) is 170 Å². The molecule has 264 valence electrons. The molecule has 0 unspecified atom stereocenters. The molecule has 2 heterocycles. The van der Waals surface area contributed by atoms with Crippen molar-refractivity contribution in [2.45, 2.75) is 19.4 Å². The smallest absolute Gasteiger partial charge is 0.164 e. The number of nitrogens with zero attached hydrogens (tertiary/aromatic N) is 4. The Morgan fingerprint density at radius 1 is 0.429 bits per heavy atom. The van der Waals surface area contributed by atoms with Gasteiger partial charge in [0.05, 0.1) is 11.6 Å². The number of rotatable bonds is 5. The minimum Gasteiger partial charge on any atom is -0.482 e. The highest BCUT2D eigenvalue weighted by Crippen LogP contribution is 2.46. The van der Waals surface area contributed by atoms with Crippen LogP contribution in [0.5, 0.6) is 5.75 Å². The molecular weight excluding hydrogens is 685 g/mol. The molecule has 1 aliphatic rings. The average Bonchev–Trinajstić information content (AvgIpc) is 3.25. The van der Waals surface area contributed by atoms with Crippen molar-refractivity contribution < 1.29 is 4.74 Å². The van der Waals surface area contributed by atoms with Gasteiger partial charge < -0.3 is 4.74 Å². The van der Waals surface area contributed by atoms with E-state index in [4.69, 9.17) is 19.7 Å². The lowest BCUT2D eigenvalue weighted by atomic mass is 9.85. The lowest BCUT2D eigenvalue weighted by Gasteiger charge is -2.35. The highest BCUT2D eigenvalue weighted by Gasteiger charge is 2.32. The molecule has 0 fully saturated rings. The molecule has 5 nitrogen and oxygen atoms in total. The summed E-state index contributed by atoms with van der Waals surface area (Å²) in [5.41, 5.74) is 10.0. The van der Waals surface area contributed by atoms with Crippen molar-refractivity contribution in [3.05, 3.63) is 181 Å². The minimum absolute atomic E-state index is 0.449. The molecule has 0 amide bonds. The van der Waals surface area contributed by atoms with Crippen LogP contribution >= 0.6 is 0 Å². The first-order valence-electron chi connectivity index (χ1n) is 18.7. The van der Waals surface area contributed by atoms with Crippen molar-refractivity contribution >= 4 is 21.5 Å². The van der Waals surface area contributed by atoms with Crippen LogP contribution in [0.25, 0.3) is 89.1 Å². The molecule has 56 heavy (non-hydrogen) atoms. The first-order valence-corrected chi connectivity index (χ1v) is 18.7. The van der Waals surface area contributed by atoms with E-state index >= 15 is 0 Å². The molecule has 1 aliphatic heterocycles. The SMILES string of the molecule is CC1(C)Oc2cc(-c3cccc(-c4cc(C#N)cc(-c5nc(-c6ccc7ccccc7c6)nc(-c6ccc7ccccc7c6)n5)c4)c3)ccc2-c2ccccc21. The van der Waals surface area contributed by atoms with Crippen LogP contribution in [0.2, 0.25) is 0 Å². The van der Waals surface area contributed by atoms with Crippen LogP contribution in [0.1, 0.15) is 25.0 Å². The zero-order valence-electron chi connectivity index (χ0n) is 30.9. The van der Waals surface area contributed by atoms with Crippen LogP contribution in [-0.4, -0.2) is 15.0 Å². The van der Waals surface area contributed by atoms with E-state index in [2.05, 4.69) is 153 Å². The number of nitriles is 1. The summed E-state index contributed by atoms with van der Waals surface area (Å²) in [7, 11) is 0. The third-order valence-corrected chi connectivity index (χ3v) is 10.7. The fourth-order valence-electron chi connectivity index (χ4n) is 7.87. The van der Waals surface area contributed by atoms with Crippen molar-refractivity contribution in [2.24, 2.45) is 0 Å². The fourth-order valence-corrected chi connectivity index (χ4v) is 7.87. The Morgan fingerprint density at radius 2 is 0.946 bits per heavy atom. The van der Waals surface area contributed by atoms with E-state index in [0.29, 0.717) is 23.0 Å². The molecule has 0 saturated carbocycles. The predicted octanol–water partition coefficient (Wildman–Crippen LogP) is 12.7. The van der Waals surface area contributed by atoms with Gasteiger partial charge in [-0.2, -0.15) is 5.26 Å². The van der Waals surface area contributed by atoms with Crippen molar-refractivity contribution in [2.75, 3.05) is 0 Å². The van der Waals surface area contributed by atoms with E-state index in [-0.39, 0.29) is 0 Å². The normalized spacial score (nSPS) is 12.7. The fraction of sp³-hybridized carbons (Fsp3) is 0.0588. The van der Waals surface area contributed by atoms with Gasteiger partial charge in [0.15, 0.2) is 17.5 Å². The van der Waals surface area contributed by atoms with E-state index in [1.54, 1.807) is 0 Å². The molecule has 10 rings (SSSR count). The molecule has 0 spiro atoms. The Labute approximate surface area is 325 Å². The zero-order valence-corrected chi connectivity index (χ0v) is 30.9. The number of ether oxygens (including phenoxy) is 1. The standard InChI is InChI=1S/C51H34N4O/c1-51(2)46-17-8-7-16-44(46)45-23-22-39(30-47(45)56-51)37-14-9-15-38(26-37)42-24-32(31-52)25-43(29-42)50-54-48(40-20-18-33-10-3-5-12-35(33)27-40)53-49(55-50)41-21-19-34-11-4-6-13-36(34)28-41/h3-30H,1-2H3. The highest BCUT2D eigenvalue weighted by atomic mass is 16.5. The number of hydrogen-bond donors (Lipinski definition) is 0. The van der Waals surface area contributed by atoms with Gasteiger partial charge in [0.25, 0.3) is 0 Å². The first kappa shape index (κ1) is 33.2. The van der Waals surface area contributed by atoms with Gasteiger partial charge in [-0.1, -0.05) is 127 Å². The topological polar surface area (TPSA) is 71.7 Å². The van der Waals surface area contributed by atoms with Crippen LogP contribution in [0.4, 0.5) is 0 Å². The molecule has 0 atom stereocenters. The van der Waals surface area contributed by atoms with E-state index in [1.807, 2.05) is 36.4 Å². The molecule has 8 aromatic carbocycles. The molecule has 0 aliphatic carbocycles. The molecule has 1 aromatic heterocycles. The summed E-state index contributed by atoms with van der Waals surface area (Å²) in [5.74, 6) is 2.49. The van der Waals surface area contributed by atoms with Gasteiger partial charge in [0.1, 0.15) is 11.4 Å². The van der Waals surface area contributed by atoms with Crippen molar-refractivity contribution in [3.8, 4) is 79.4 Å². The second-order valence-electron chi connectivity index (χ2n) is 14.8. The summed E-state index contributed by atoms with van der Waals surface area (Å²) >= 11 is 0. The second kappa shape index (κ2) is 13.2. The molecule has 0 N–H and O–H groups in total. The lowest BCUT2D eigenvalue weighted by Crippen LogP contribution is -2.29. The monoisotopic (exact) mass is 718 g/mol. The van der Waals surface area contributed by atoms with Gasteiger partial charge in [-0.05, 0) is 106 Å². The summed E-state index contributed by atoms with van der Waals surface area (Å²) < 4.78 is 6.59.